The highest BCUT2D eigenvalue weighted by Gasteiger charge is 2.23. The molecule has 0 aromatic heterocycles. The van der Waals surface area contributed by atoms with Crippen LogP contribution >= 0.6 is 63.7 Å². The molecule has 0 unspecified atom stereocenters. The summed E-state index contributed by atoms with van der Waals surface area (Å²) in [5, 5.41) is 41.2. The van der Waals surface area contributed by atoms with Gasteiger partial charge < -0.3 is 16.0 Å². The van der Waals surface area contributed by atoms with Crippen LogP contribution < -0.4 is 16.0 Å². The quantitative estimate of drug-likeness (QED) is 0.108. The summed E-state index contributed by atoms with van der Waals surface area (Å²) in [4.78, 5) is 71.8. The summed E-state index contributed by atoms with van der Waals surface area (Å²) in [6.07, 6.45) is 0. The van der Waals surface area contributed by atoms with E-state index in [0.29, 0.717) is 6.07 Å². The fourth-order valence-corrected chi connectivity index (χ4v) is 6.64. The second-order valence-corrected chi connectivity index (χ2v) is 12.6. The molecule has 20 heteroatoms. The molecule has 0 saturated carbocycles. The van der Waals surface area contributed by atoms with Crippen molar-refractivity contribution in [3.8, 4) is 0 Å². The molecule has 3 amide bonds. The maximum Gasteiger partial charge on any atom is 0.295 e. The normalized spacial score (nSPS) is 10.6. The van der Waals surface area contributed by atoms with Crippen molar-refractivity contribution < 1.29 is 33.5 Å². The Labute approximate surface area is 294 Å². The molecule has 240 valence electrons. The summed E-state index contributed by atoms with van der Waals surface area (Å²) in [7, 11) is 0. The summed E-state index contributed by atoms with van der Waals surface area (Å²) in [6, 6.07) is 10.2. The standard InChI is InChI=1S/C27H13Br4FN6O9/c28-17-7-15(36(42)43)8-18(29)23(17)34-26(40)12-3-11(25(39)33-21-2-1-14(32)6-22(21)38(46)47)4-13(5-12)27(41)35-24-19(30)9-16(37(44)45)10-20(24)31/h1-10H,(H,33,39)(H,34,40)(H,35,41). The van der Waals surface area contributed by atoms with Gasteiger partial charge in [0.25, 0.3) is 34.8 Å². The fourth-order valence-electron chi connectivity index (χ4n) is 3.92. The van der Waals surface area contributed by atoms with Crippen LogP contribution in [-0.2, 0) is 0 Å². The van der Waals surface area contributed by atoms with Gasteiger partial charge in [-0.05, 0) is 94.1 Å². The molecule has 0 atom stereocenters. The molecule has 15 nitrogen and oxygen atoms in total. The Morgan fingerprint density at radius 1 is 0.553 bits per heavy atom. The lowest BCUT2D eigenvalue weighted by Crippen LogP contribution is -2.20. The lowest BCUT2D eigenvalue weighted by molar-refractivity contribution is -0.385. The maximum atomic E-state index is 13.7. The Kier molecular flexibility index (Phi) is 10.8. The van der Waals surface area contributed by atoms with E-state index in [2.05, 4.69) is 79.7 Å². The van der Waals surface area contributed by atoms with Gasteiger partial charge in [0.2, 0.25) is 0 Å². The number of carbonyl (C=O) groups excluding carboxylic acids is 3. The van der Waals surface area contributed by atoms with Crippen molar-refractivity contribution in [3.63, 3.8) is 0 Å². The molecule has 0 aliphatic heterocycles. The molecule has 47 heavy (non-hydrogen) atoms. The van der Waals surface area contributed by atoms with Crippen LogP contribution in [0, 0.1) is 36.2 Å². The van der Waals surface area contributed by atoms with Crippen molar-refractivity contribution in [2.45, 2.75) is 0 Å². The highest BCUT2D eigenvalue weighted by atomic mass is 79.9. The van der Waals surface area contributed by atoms with E-state index in [4.69, 9.17) is 0 Å². The van der Waals surface area contributed by atoms with Gasteiger partial charge in [-0.3, -0.25) is 44.7 Å². The minimum atomic E-state index is -1.01. The Morgan fingerprint density at radius 3 is 1.26 bits per heavy atom. The Morgan fingerprint density at radius 2 is 0.915 bits per heavy atom. The van der Waals surface area contributed by atoms with Crippen LogP contribution in [-0.4, -0.2) is 32.5 Å². The number of halogens is 5. The fraction of sp³-hybridized carbons (Fsp3) is 0. The number of nitrogens with zero attached hydrogens (tertiary/aromatic N) is 3. The monoisotopic (exact) mass is 900 g/mol. The van der Waals surface area contributed by atoms with Crippen LogP contribution in [0.3, 0.4) is 0 Å². The number of hydrogen-bond acceptors (Lipinski definition) is 9. The van der Waals surface area contributed by atoms with Gasteiger partial charge in [0.15, 0.2) is 0 Å². The third kappa shape index (κ3) is 8.20. The van der Waals surface area contributed by atoms with Crippen LogP contribution in [0.2, 0.25) is 0 Å². The van der Waals surface area contributed by atoms with Crippen LogP contribution in [0.4, 0.5) is 38.5 Å². The van der Waals surface area contributed by atoms with Crippen LogP contribution in [0.1, 0.15) is 31.1 Å². The molecule has 4 aromatic rings. The average molecular weight is 904 g/mol. The molecule has 4 rings (SSSR count). The number of amides is 3. The first-order valence-corrected chi connectivity index (χ1v) is 15.5. The first-order valence-electron chi connectivity index (χ1n) is 12.4. The van der Waals surface area contributed by atoms with Crippen molar-refractivity contribution in [1.29, 1.82) is 0 Å². The summed E-state index contributed by atoms with van der Waals surface area (Å²) in [5.41, 5.74) is -2.44. The molecule has 4 aromatic carbocycles. The smallest absolute Gasteiger partial charge is 0.295 e. The zero-order valence-corrected chi connectivity index (χ0v) is 29.0. The molecule has 0 aliphatic rings. The van der Waals surface area contributed by atoms with E-state index in [1.54, 1.807) is 0 Å². The highest BCUT2D eigenvalue weighted by molar-refractivity contribution is 9.11. The van der Waals surface area contributed by atoms with Crippen molar-refractivity contribution in [2.24, 2.45) is 0 Å². The number of anilines is 3. The number of rotatable bonds is 9. The molecule has 0 radical (unpaired) electrons. The average Bonchev–Trinajstić information content (AvgIpc) is 3.00. The van der Waals surface area contributed by atoms with Crippen molar-refractivity contribution in [2.75, 3.05) is 16.0 Å². The molecule has 0 heterocycles. The largest absolute Gasteiger partial charge is 0.320 e. The van der Waals surface area contributed by atoms with Crippen molar-refractivity contribution >= 4 is 116 Å². The number of nitro groups is 3. The summed E-state index contributed by atoms with van der Waals surface area (Å²) in [5.74, 6) is -3.71. The van der Waals surface area contributed by atoms with E-state index >= 15 is 0 Å². The van der Waals surface area contributed by atoms with Gasteiger partial charge in [0.1, 0.15) is 11.5 Å². The minimum Gasteiger partial charge on any atom is -0.320 e. The van der Waals surface area contributed by atoms with Gasteiger partial charge in [0.05, 0.1) is 32.2 Å². The van der Waals surface area contributed by atoms with E-state index in [1.807, 2.05) is 0 Å². The van der Waals surface area contributed by atoms with Crippen molar-refractivity contribution in [3.05, 3.63) is 131 Å². The zero-order chi connectivity index (χ0) is 34.7. The van der Waals surface area contributed by atoms with E-state index in [-0.39, 0.29) is 63.0 Å². The van der Waals surface area contributed by atoms with Crippen LogP contribution in [0.5, 0.6) is 0 Å². The first kappa shape index (κ1) is 35.2. The molecule has 0 fully saturated rings. The highest BCUT2D eigenvalue weighted by Crippen LogP contribution is 2.37. The van der Waals surface area contributed by atoms with Gasteiger partial charge >= 0.3 is 0 Å². The predicted octanol–water partition coefficient (Wildman–Crippen LogP) is 8.36. The molecule has 0 spiro atoms. The molecule has 0 aliphatic carbocycles. The van der Waals surface area contributed by atoms with E-state index in [1.165, 1.54) is 0 Å². The lowest BCUT2D eigenvalue weighted by atomic mass is 10.0. The van der Waals surface area contributed by atoms with Gasteiger partial charge in [-0.2, -0.15) is 0 Å². The van der Waals surface area contributed by atoms with E-state index < -0.39 is 44.0 Å². The first-order chi connectivity index (χ1) is 22.0. The number of benzene rings is 4. The molecular weight excluding hydrogens is 891 g/mol. The third-order valence-corrected chi connectivity index (χ3v) is 8.58. The second kappa shape index (κ2) is 14.4. The zero-order valence-electron chi connectivity index (χ0n) is 22.7. The second-order valence-electron chi connectivity index (χ2n) is 9.16. The van der Waals surface area contributed by atoms with E-state index in [9.17, 15) is 49.1 Å². The molecular formula is C27H13Br4FN6O9. The minimum absolute atomic E-state index is 0.0714. The third-order valence-electron chi connectivity index (χ3n) is 6.08. The van der Waals surface area contributed by atoms with Crippen LogP contribution in [0.15, 0.2) is 78.6 Å². The van der Waals surface area contributed by atoms with Gasteiger partial charge in [-0.15, -0.1) is 0 Å². The lowest BCUT2D eigenvalue weighted by Gasteiger charge is -2.14. The molecule has 0 bridgehead atoms. The SMILES string of the molecule is O=C(Nc1ccc(F)cc1[N+](=O)[O-])c1cc(C(=O)Nc2c(Br)cc([N+](=O)[O-])cc2Br)cc(C(=O)Nc2c(Br)cc([N+](=O)[O-])cc2Br)c1. The van der Waals surface area contributed by atoms with Gasteiger partial charge in [-0.1, -0.05) is 0 Å². The van der Waals surface area contributed by atoms with Gasteiger partial charge in [-0.25, -0.2) is 4.39 Å². The summed E-state index contributed by atoms with van der Waals surface area (Å²) >= 11 is 12.6. The summed E-state index contributed by atoms with van der Waals surface area (Å²) in [6.45, 7) is 0. The number of nitro benzene ring substituents is 3. The number of carbonyl (C=O) groups is 3. The Balaban J connectivity index is 1.76. The summed E-state index contributed by atoms with van der Waals surface area (Å²) < 4.78 is 14.1. The van der Waals surface area contributed by atoms with Crippen LogP contribution in [0.25, 0.3) is 0 Å². The maximum absolute atomic E-state index is 13.7. The van der Waals surface area contributed by atoms with Crippen molar-refractivity contribution in [1.82, 2.24) is 0 Å². The molecule has 0 saturated heterocycles. The van der Waals surface area contributed by atoms with Gasteiger partial charge in [0, 0.05) is 58.8 Å². The number of nitrogens with one attached hydrogen (secondary N) is 3. The van der Waals surface area contributed by atoms with E-state index in [0.717, 1.165) is 54.6 Å². The number of non-ortho nitro benzene ring substituents is 2. The topological polar surface area (TPSA) is 217 Å². The predicted molar refractivity (Wildman–Crippen MR) is 180 cm³/mol. The molecule has 3 N–H and O–H groups in total. The Bertz CT molecular complexity index is 1900. The Hall–Kier alpha value is -4.66. The number of hydrogen-bond donors (Lipinski definition) is 3.